The van der Waals surface area contributed by atoms with E-state index in [1.165, 1.54) is 0 Å². The highest BCUT2D eigenvalue weighted by atomic mass is 16.5. The smallest absolute Gasteiger partial charge is 0.345 e. The number of esters is 1. The van der Waals surface area contributed by atoms with Crippen molar-refractivity contribution in [1.82, 2.24) is 0 Å². The largest absolute Gasteiger partial charge is 0.439 e. The van der Waals surface area contributed by atoms with Gasteiger partial charge in [0.05, 0.1) is 16.6 Å². The summed E-state index contributed by atoms with van der Waals surface area (Å²) in [5.41, 5.74) is 4.74. The summed E-state index contributed by atoms with van der Waals surface area (Å²) in [5, 5.41) is 10.9. The summed E-state index contributed by atoms with van der Waals surface area (Å²) in [7, 11) is 0. The number of para-hydroxylation sites is 1. The molecule has 1 aromatic heterocycles. The third-order valence-electron chi connectivity index (χ3n) is 8.51. The molecule has 2 unspecified atom stereocenters. The molecule has 4 heterocycles. The van der Waals surface area contributed by atoms with Crippen LogP contribution >= 0.6 is 0 Å². The maximum absolute atomic E-state index is 14.9. The third-order valence-corrected chi connectivity index (χ3v) is 8.51. The zero-order valence-corrected chi connectivity index (χ0v) is 23.1. The Morgan fingerprint density at radius 3 is 2.55 bits per heavy atom. The number of nitrogens with zero attached hydrogens (tertiary/aromatic N) is 2. The summed E-state index contributed by atoms with van der Waals surface area (Å²) in [4.78, 5) is 43.6. The van der Waals surface area contributed by atoms with E-state index in [1.807, 2.05) is 20.8 Å². The van der Waals surface area contributed by atoms with Gasteiger partial charge in [0.1, 0.15) is 28.5 Å². The van der Waals surface area contributed by atoms with E-state index in [4.69, 9.17) is 19.6 Å². The Morgan fingerprint density at radius 2 is 1.81 bits per heavy atom. The molecule has 9 nitrogen and oxygen atoms in total. The minimum atomic E-state index is -1.99. The topological polar surface area (TPSA) is 136 Å². The molecule has 2 N–H and O–H groups in total. The molecule has 0 bridgehead atoms. The standard InChI is InChI=1S/C33H25N3O6/c1-17-15-32(2,3)36-26-21(17)13-19(40-29(37)18-9-5-4-6-10-18)14-22(26)33(31(36)39)23(16-34)28(35)42-27-20-11-7-8-12-24(20)41-30(38)25(27)33/h4-14,17H,15,35H2,1-3H3. The second-order valence-electron chi connectivity index (χ2n) is 11.5. The first kappa shape index (κ1) is 25.6. The average Bonchev–Trinajstić information content (AvgIpc) is 3.21. The van der Waals surface area contributed by atoms with Crippen molar-refractivity contribution in [3.8, 4) is 17.6 Å². The normalized spacial score (nSPS) is 21.5. The van der Waals surface area contributed by atoms with Crippen LogP contribution < -0.4 is 25.7 Å². The quantitative estimate of drug-likeness (QED) is 0.206. The van der Waals surface area contributed by atoms with Crippen LogP contribution in [0, 0.1) is 11.3 Å². The van der Waals surface area contributed by atoms with E-state index in [0.717, 1.165) is 5.56 Å². The Bertz CT molecular complexity index is 2000. The second-order valence-corrected chi connectivity index (χ2v) is 11.5. The van der Waals surface area contributed by atoms with Crippen molar-refractivity contribution < 1.29 is 23.5 Å². The fourth-order valence-electron chi connectivity index (χ4n) is 6.90. The van der Waals surface area contributed by atoms with Crippen LogP contribution in [-0.4, -0.2) is 17.4 Å². The molecule has 0 saturated carbocycles. The van der Waals surface area contributed by atoms with E-state index in [1.54, 1.807) is 71.6 Å². The first-order valence-electron chi connectivity index (χ1n) is 13.5. The summed E-state index contributed by atoms with van der Waals surface area (Å²) < 4.78 is 17.5. The molecule has 3 aliphatic rings. The summed E-state index contributed by atoms with van der Waals surface area (Å²) in [5.74, 6) is -1.23. The monoisotopic (exact) mass is 559 g/mol. The fourth-order valence-corrected chi connectivity index (χ4v) is 6.90. The molecule has 0 radical (unpaired) electrons. The summed E-state index contributed by atoms with van der Waals surface area (Å²) in [6.45, 7) is 5.92. The molecule has 0 fully saturated rings. The van der Waals surface area contributed by atoms with E-state index in [-0.39, 0.29) is 40.0 Å². The highest BCUT2D eigenvalue weighted by Gasteiger charge is 2.65. The number of hydrogen-bond acceptors (Lipinski definition) is 8. The molecule has 9 heteroatoms. The number of nitrogens with two attached hydrogens (primary N) is 1. The van der Waals surface area contributed by atoms with Gasteiger partial charge in [-0.05, 0) is 68.1 Å². The zero-order chi connectivity index (χ0) is 29.6. The Morgan fingerprint density at radius 1 is 1.10 bits per heavy atom. The van der Waals surface area contributed by atoms with Gasteiger partial charge in [0.15, 0.2) is 11.2 Å². The molecule has 3 aromatic carbocycles. The van der Waals surface area contributed by atoms with Gasteiger partial charge in [-0.25, -0.2) is 9.59 Å². The number of nitriles is 1. The molecule has 0 aliphatic carbocycles. The number of rotatable bonds is 2. The van der Waals surface area contributed by atoms with Crippen LogP contribution in [0.1, 0.15) is 60.2 Å². The maximum Gasteiger partial charge on any atom is 0.345 e. The summed E-state index contributed by atoms with van der Waals surface area (Å²) >= 11 is 0. The summed E-state index contributed by atoms with van der Waals surface area (Å²) in [6.07, 6.45) is 0.577. The minimum Gasteiger partial charge on any atom is -0.439 e. The maximum atomic E-state index is 14.9. The number of carbonyl (C=O) groups is 2. The molecule has 2 atom stereocenters. The van der Waals surface area contributed by atoms with Crippen LogP contribution in [0.15, 0.2) is 87.4 Å². The predicted molar refractivity (Wildman–Crippen MR) is 153 cm³/mol. The van der Waals surface area contributed by atoms with E-state index < -0.39 is 28.5 Å². The van der Waals surface area contributed by atoms with Crippen molar-refractivity contribution in [3.05, 3.63) is 111 Å². The van der Waals surface area contributed by atoms with Crippen molar-refractivity contribution in [1.29, 1.82) is 5.26 Å². The number of amides is 1. The summed E-state index contributed by atoms with van der Waals surface area (Å²) in [6, 6.07) is 20.7. The molecular formula is C33H25N3O6. The highest BCUT2D eigenvalue weighted by molar-refractivity contribution is 6.16. The number of ether oxygens (including phenoxy) is 2. The molecular weight excluding hydrogens is 534 g/mol. The van der Waals surface area contributed by atoms with Crippen LogP contribution in [0.3, 0.4) is 0 Å². The third kappa shape index (κ3) is 3.20. The number of fused-ring (bicyclic) bond motifs is 5. The molecule has 1 amide bonds. The van der Waals surface area contributed by atoms with Gasteiger partial charge in [0.25, 0.3) is 0 Å². The predicted octanol–water partition coefficient (Wildman–Crippen LogP) is 5.02. The Kier molecular flexibility index (Phi) is 5.22. The van der Waals surface area contributed by atoms with Crippen molar-refractivity contribution in [3.63, 3.8) is 0 Å². The van der Waals surface area contributed by atoms with Gasteiger partial charge in [-0.3, -0.25) is 4.79 Å². The molecule has 42 heavy (non-hydrogen) atoms. The van der Waals surface area contributed by atoms with Crippen LogP contribution in [0.4, 0.5) is 5.69 Å². The van der Waals surface area contributed by atoms with Crippen molar-refractivity contribution in [2.45, 2.75) is 44.1 Å². The molecule has 4 aromatic rings. The van der Waals surface area contributed by atoms with E-state index in [9.17, 15) is 19.6 Å². The lowest BCUT2D eigenvalue weighted by molar-refractivity contribution is -0.122. The van der Waals surface area contributed by atoms with Crippen molar-refractivity contribution in [2.75, 3.05) is 4.90 Å². The van der Waals surface area contributed by atoms with Gasteiger partial charge in [0.2, 0.25) is 11.8 Å². The molecule has 208 valence electrons. The van der Waals surface area contributed by atoms with Gasteiger partial charge in [0, 0.05) is 11.1 Å². The molecule has 1 spiro atoms. The average molecular weight is 560 g/mol. The number of anilines is 1. The number of carbonyl (C=O) groups excluding carboxylic acids is 2. The molecule has 7 rings (SSSR count). The Balaban J connectivity index is 1.59. The number of benzene rings is 3. The lowest BCUT2D eigenvalue weighted by Crippen LogP contribution is -2.55. The lowest BCUT2D eigenvalue weighted by atomic mass is 9.68. The van der Waals surface area contributed by atoms with Gasteiger partial charge in [-0.2, -0.15) is 5.26 Å². The van der Waals surface area contributed by atoms with Gasteiger partial charge < -0.3 is 24.5 Å². The molecule has 3 aliphatic heterocycles. The van der Waals surface area contributed by atoms with Crippen LogP contribution in [-0.2, 0) is 10.2 Å². The molecule has 0 saturated heterocycles. The Labute approximate surface area is 240 Å². The van der Waals surface area contributed by atoms with E-state index >= 15 is 0 Å². The van der Waals surface area contributed by atoms with Crippen LogP contribution in [0.2, 0.25) is 0 Å². The fraction of sp³-hybridized carbons (Fsp3) is 0.212. The van der Waals surface area contributed by atoms with Crippen molar-refractivity contribution >= 4 is 28.5 Å². The van der Waals surface area contributed by atoms with Gasteiger partial charge in [-0.1, -0.05) is 37.3 Å². The van der Waals surface area contributed by atoms with Gasteiger partial charge >= 0.3 is 11.6 Å². The Hall–Kier alpha value is -5.36. The van der Waals surface area contributed by atoms with E-state index in [2.05, 4.69) is 6.07 Å². The van der Waals surface area contributed by atoms with Crippen LogP contribution in [0.25, 0.3) is 11.0 Å². The van der Waals surface area contributed by atoms with E-state index in [0.29, 0.717) is 28.6 Å². The SMILES string of the molecule is CC1CC(C)(C)N2C(=O)C3(C(C#N)=C(N)Oc4c3c(=O)oc3ccccc43)c3cc(OC(=O)c4ccccc4)cc1c32. The van der Waals surface area contributed by atoms with Crippen molar-refractivity contribution in [2.24, 2.45) is 5.73 Å². The lowest BCUT2D eigenvalue weighted by Gasteiger charge is -2.44. The van der Waals surface area contributed by atoms with Gasteiger partial charge in [-0.15, -0.1) is 0 Å². The van der Waals surface area contributed by atoms with Crippen LogP contribution in [0.5, 0.6) is 11.5 Å². The number of hydrogen-bond donors (Lipinski definition) is 1. The second kappa shape index (κ2) is 8.57. The minimum absolute atomic E-state index is 0.0532. The first-order valence-corrected chi connectivity index (χ1v) is 13.5. The first-order chi connectivity index (χ1) is 20.1. The zero-order valence-electron chi connectivity index (χ0n) is 23.1. The highest BCUT2D eigenvalue weighted by Crippen LogP contribution is 2.61.